The second-order valence-electron chi connectivity index (χ2n) is 4.66. The molecule has 1 aliphatic rings. The Hall–Kier alpha value is -2.03. The van der Waals surface area contributed by atoms with Gasteiger partial charge in [-0.05, 0) is 43.2 Å². The second kappa shape index (κ2) is 3.23. The van der Waals surface area contributed by atoms with Gasteiger partial charge in [0.15, 0.2) is 0 Å². The Morgan fingerprint density at radius 1 is 1.24 bits per heavy atom. The first kappa shape index (κ1) is 9.05. The van der Waals surface area contributed by atoms with Gasteiger partial charge < -0.3 is 9.55 Å². The SMILES string of the molecule is c1cnc2[nH]c(-c3cccn3C3CC3)cc2c1. The van der Waals surface area contributed by atoms with Crippen molar-refractivity contribution in [2.45, 2.75) is 18.9 Å². The van der Waals surface area contributed by atoms with Gasteiger partial charge in [-0.25, -0.2) is 4.98 Å². The molecule has 0 bridgehead atoms. The van der Waals surface area contributed by atoms with E-state index in [0.717, 1.165) is 11.3 Å². The van der Waals surface area contributed by atoms with E-state index < -0.39 is 0 Å². The lowest BCUT2D eigenvalue weighted by Crippen LogP contribution is -1.94. The van der Waals surface area contributed by atoms with Gasteiger partial charge in [-0.15, -0.1) is 0 Å². The molecular formula is C14H13N3. The molecule has 3 nitrogen and oxygen atoms in total. The predicted molar refractivity (Wildman–Crippen MR) is 67.8 cm³/mol. The molecule has 4 rings (SSSR count). The summed E-state index contributed by atoms with van der Waals surface area (Å²) in [7, 11) is 0. The van der Waals surface area contributed by atoms with E-state index in [1.54, 1.807) is 0 Å². The lowest BCUT2D eigenvalue weighted by molar-refractivity contribution is 0.754. The van der Waals surface area contributed by atoms with E-state index >= 15 is 0 Å². The molecule has 0 aliphatic heterocycles. The highest BCUT2D eigenvalue weighted by Crippen LogP contribution is 2.38. The van der Waals surface area contributed by atoms with E-state index in [1.165, 1.54) is 23.9 Å². The van der Waals surface area contributed by atoms with Crippen molar-refractivity contribution in [3.8, 4) is 11.4 Å². The molecule has 3 heterocycles. The highest BCUT2D eigenvalue weighted by atomic mass is 15.1. The number of hydrogen-bond donors (Lipinski definition) is 1. The molecule has 0 spiro atoms. The fourth-order valence-electron chi connectivity index (χ4n) is 2.39. The van der Waals surface area contributed by atoms with Crippen LogP contribution in [-0.2, 0) is 0 Å². The van der Waals surface area contributed by atoms with Gasteiger partial charge in [0, 0.05) is 23.8 Å². The van der Waals surface area contributed by atoms with Crippen LogP contribution in [0.3, 0.4) is 0 Å². The average molecular weight is 223 g/mol. The maximum absolute atomic E-state index is 4.34. The number of pyridine rings is 1. The second-order valence-corrected chi connectivity index (χ2v) is 4.66. The molecule has 17 heavy (non-hydrogen) atoms. The van der Waals surface area contributed by atoms with Gasteiger partial charge in [0.1, 0.15) is 5.65 Å². The highest BCUT2D eigenvalue weighted by Gasteiger charge is 2.25. The van der Waals surface area contributed by atoms with Crippen LogP contribution < -0.4 is 0 Å². The molecule has 84 valence electrons. The van der Waals surface area contributed by atoms with Crippen LogP contribution >= 0.6 is 0 Å². The number of rotatable bonds is 2. The summed E-state index contributed by atoms with van der Waals surface area (Å²) in [5.74, 6) is 0. The van der Waals surface area contributed by atoms with E-state index in [9.17, 15) is 0 Å². The fraction of sp³-hybridized carbons (Fsp3) is 0.214. The van der Waals surface area contributed by atoms with E-state index in [-0.39, 0.29) is 0 Å². The van der Waals surface area contributed by atoms with Gasteiger partial charge in [-0.2, -0.15) is 0 Å². The molecule has 0 atom stereocenters. The number of hydrogen-bond acceptors (Lipinski definition) is 1. The van der Waals surface area contributed by atoms with Crippen LogP contribution in [0.1, 0.15) is 18.9 Å². The molecule has 0 saturated heterocycles. The minimum absolute atomic E-state index is 0.708. The minimum Gasteiger partial charge on any atom is -0.343 e. The Labute approximate surface area is 99.1 Å². The number of aromatic amines is 1. The van der Waals surface area contributed by atoms with Crippen molar-refractivity contribution in [1.82, 2.24) is 14.5 Å². The zero-order valence-electron chi connectivity index (χ0n) is 9.43. The summed E-state index contributed by atoms with van der Waals surface area (Å²) in [6.07, 6.45) is 6.61. The topological polar surface area (TPSA) is 33.6 Å². The van der Waals surface area contributed by atoms with E-state index in [1.807, 2.05) is 12.3 Å². The number of aromatic nitrogens is 3. The van der Waals surface area contributed by atoms with Crippen molar-refractivity contribution in [1.29, 1.82) is 0 Å². The van der Waals surface area contributed by atoms with Gasteiger partial charge in [0.25, 0.3) is 0 Å². The third kappa shape index (κ3) is 1.39. The van der Waals surface area contributed by atoms with Crippen LogP contribution in [0.5, 0.6) is 0 Å². The van der Waals surface area contributed by atoms with Gasteiger partial charge in [-0.1, -0.05) is 0 Å². The molecule has 3 aromatic rings. The summed E-state index contributed by atoms with van der Waals surface area (Å²) in [6.45, 7) is 0. The molecule has 3 aromatic heterocycles. The van der Waals surface area contributed by atoms with Crippen LogP contribution in [0.4, 0.5) is 0 Å². The Morgan fingerprint density at radius 3 is 3.00 bits per heavy atom. The molecule has 0 amide bonds. The summed E-state index contributed by atoms with van der Waals surface area (Å²) in [6, 6.07) is 11.2. The molecule has 3 heteroatoms. The molecule has 1 fully saturated rings. The molecule has 0 radical (unpaired) electrons. The maximum atomic E-state index is 4.34. The van der Waals surface area contributed by atoms with Crippen molar-refractivity contribution in [2.24, 2.45) is 0 Å². The van der Waals surface area contributed by atoms with Crippen molar-refractivity contribution >= 4 is 11.0 Å². The first-order valence-corrected chi connectivity index (χ1v) is 6.03. The Kier molecular flexibility index (Phi) is 1.72. The molecule has 1 aliphatic carbocycles. The quantitative estimate of drug-likeness (QED) is 0.710. The third-order valence-corrected chi connectivity index (χ3v) is 3.39. The lowest BCUT2D eigenvalue weighted by atomic mass is 10.3. The first-order chi connectivity index (χ1) is 8.42. The van der Waals surface area contributed by atoms with Crippen molar-refractivity contribution in [3.05, 3.63) is 42.7 Å². The molecular weight excluding hydrogens is 210 g/mol. The highest BCUT2D eigenvalue weighted by molar-refractivity contribution is 5.82. The Morgan fingerprint density at radius 2 is 2.18 bits per heavy atom. The van der Waals surface area contributed by atoms with Crippen molar-refractivity contribution in [3.63, 3.8) is 0 Å². The Balaban J connectivity index is 1.89. The third-order valence-electron chi connectivity index (χ3n) is 3.39. The summed E-state index contributed by atoms with van der Waals surface area (Å²) in [4.78, 5) is 7.73. The van der Waals surface area contributed by atoms with E-state index in [2.05, 4.69) is 45.0 Å². The van der Waals surface area contributed by atoms with Gasteiger partial charge in [0.2, 0.25) is 0 Å². The lowest BCUT2D eigenvalue weighted by Gasteiger charge is -2.05. The number of nitrogens with zero attached hydrogens (tertiary/aromatic N) is 2. The summed E-state index contributed by atoms with van der Waals surface area (Å²) < 4.78 is 2.37. The van der Waals surface area contributed by atoms with Crippen molar-refractivity contribution < 1.29 is 0 Å². The van der Waals surface area contributed by atoms with E-state index in [4.69, 9.17) is 0 Å². The van der Waals surface area contributed by atoms with Crippen LogP contribution in [0, 0.1) is 0 Å². The molecule has 1 N–H and O–H groups in total. The fourth-order valence-corrected chi connectivity index (χ4v) is 2.39. The number of H-pyrrole nitrogens is 1. The van der Waals surface area contributed by atoms with Crippen molar-refractivity contribution in [2.75, 3.05) is 0 Å². The average Bonchev–Trinajstić information content (AvgIpc) is 2.94. The Bertz CT molecular complexity index is 640. The van der Waals surface area contributed by atoms with Crippen LogP contribution in [0.25, 0.3) is 22.4 Å². The summed E-state index contributed by atoms with van der Waals surface area (Å²) in [5, 5.41) is 1.17. The van der Waals surface area contributed by atoms with Gasteiger partial charge in [0.05, 0.1) is 11.4 Å². The largest absolute Gasteiger partial charge is 0.343 e. The van der Waals surface area contributed by atoms with Gasteiger partial charge >= 0.3 is 0 Å². The minimum atomic E-state index is 0.708. The zero-order valence-corrected chi connectivity index (χ0v) is 9.43. The monoisotopic (exact) mass is 223 g/mol. The van der Waals surface area contributed by atoms with Crippen LogP contribution in [-0.4, -0.2) is 14.5 Å². The zero-order chi connectivity index (χ0) is 11.2. The predicted octanol–water partition coefficient (Wildman–Crippen LogP) is 3.37. The smallest absolute Gasteiger partial charge is 0.137 e. The maximum Gasteiger partial charge on any atom is 0.137 e. The number of nitrogens with one attached hydrogen (secondary N) is 1. The molecule has 0 unspecified atom stereocenters. The molecule has 0 aromatic carbocycles. The van der Waals surface area contributed by atoms with Crippen LogP contribution in [0.15, 0.2) is 42.7 Å². The molecule has 1 saturated carbocycles. The first-order valence-electron chi connectivity index (χ1n) is 6.03. The standard InChI is InChI=1S/C14H13N3/c1-3-10-9-12(16-14(10)15-7-1)13-4-2-8-17(13)11-5-6-11/h1-4,7-9,11H,5-6H2,(H,15,16). The number of fused-ring (bicyclic) bond motifs is 1. The summed E-state index contributed by atoms with van der Waals surface area (Å²) >= 11 is 0. The van der Waals surface area contributed by atoms with Gasteiger partial charge in [-0.3, -0.25) is 0 Å². The normalized spacial score (nSPS) is 15.5. The summed E-state index contributed by atoms with van der Waals surface area (Å²) in [5.41, 5.74) is 3.40. The van der Waals surface area contributed by atoms with E-state index in [0.29, 0.717) is 6.04 Å². The van der Waals surface area contributed by atoms with Crippen LogP contribution in [0.2, 0.25) is 0 Å².